The summed E-state index contributed by atoms with van der Waals surface area (Å²) in [5, 5.41) is 8.80. The second-order valence-electron chi connectivity index (χ2n) is 4.27. The molecule has 0 fully saturated rings. The minimum absolute atomic E-state index is 0.243. The van der Waals surface area contributed by atoms with Gasteiger partial charge in [0.15, 0.2) is 6.10 Å². The summed E-state index contributed by atoms with van der Waals surface area (Å²) in [5.41, 5.74) is 0.847. The van der Waals surface area contributed by atoms with Crippen molar-refractivity contribution >= 4 is 5.78 Å². The lowest BCUT2D eigenvalue weighted by molar-refractivity contribution is 0.0818. The molecule has 20 heavy (non-hydrogen) atoms. The summed E-state index contributed by atoms with van der Waals surface area (Å²) in [6, 6.07) is 13.9. The van der Waals surface area contributed by atoms with E-state index in [0.29, 0.717) is 16.9 Å². The molecule has 1 atom stereocenters. The summed E-state index contributed by atoms with van der Waals surface area (Å²) in [7, 11) is 0. The lowest BCUT2D eigenvalue weighted by Crippen LogP contribution is -2.23. The summed E-state index contributed by atoms with van der Waals surface area (Å²) in [6.45, 7) is 1.62. The SMILES string of the molecule is C[C@H](Oc1cccc(C#N)c1)C(=O)c1ccc(F)cc1. The quantitative estimate of drug-likeness (QED) is 0.800. The zero-order chi connectivity index (χ0) is 14.5. The molecule has 0 amide bonds. The van der Waals surface area contributed by atoms with Gasteiger partial charge in [0, 0.05) is 5.56 Å². The molecule has 0 aliphatic heterocycles. The van der Waals surface area contributed by atoms with E-state index in [9.17, 15) is 9.18 Å². The van der Waals surface area contributed by atoms with Crippen molar-refractivity contribution in [3.05, 3.63) is 65.5 Å². The van der Waals surface area contributed by atoms with Gasteiger partial charge in [0.05, 0.1) is 11.6 Å². The molecule has 2 aromatic carbocycles. The van der Waals surface area contributed by atoms with Gasteiger partial charge in [-0.15, -0.1) is 0 Å². The molecule has 0 aromatic heterocycles. The molecule has 0 unspecified atom stereocenters. The minimum Gasteiger partial charge on any atom is -0.483 e. The van der Waals surface area contributed by atoms with Gasteiger partial charge in [-0.05, 0) is 49.4 Å². The Balaban J connectivity index is 2.11. The van der Waals surface area contributed by atoms with Crippen LogP contribution in [0.4, 0.5) is 4.39 Å². The highest BCUT2D eigenvalue weighted by molar-refractivity contribution is 5.99. The summed E-state index contributed by atoms with van der Waals surface area (Å²) >= 11 is 0. The van der Waals surface area contributed by atoms with E-state index in [-0.39, 0.29) is 5.78 Å². The number of hydrogen-bond acceptors (Lipinski definition) is 3. The first kappa shape index (κ1) is 13.8. The first-order valence-electron chi connectivity index (χ1n) is 6.07. The topological polar surface area (TPSA) is 50.1 Å². The van der Waals surface area contributed by atoms with Crippen LogP contribution in [-0.2, 0) is 0 Å². The standard InChI is InChI=1S/C16H12FNO2/c1-11(16(19)13-5-7-14(17)8-6-13)20-15-4-2-3-12(9-15)10-18/h2-9,11H,1H3/t11-/m0/s1. The van der Waals surface area contributed by atoms with Gasteiger partial charge in [0.25, 0.3) is 0 Å². The third-order valence-electron chi connectivity index (χ3n) is 2.77. The third kappa shape index (κ3) is 3.21. The number of Topliss-reactive ketones (excluding diaryl/α,β-unsaturated/α-hetero) is 1. The van der Waals surface area contributed by atoms with Gasteiger partial charge in [-0.3, -0.25) is 4.79 Å². The summed E-state index contributed by atoms with van der Waals surface area (Å²) in [5.74, 6) is -0.184. The van der Waals surface area contributed by atoms with Gasteiger partial charge in [0.1, 0.15) is 11.6 Å². The van der Waals surface area contributed by atoms with E-state index >= 15 is 0 Å². The molecule has 0 aliphatic carbocycles. The summed E-state index contributed by atoms with van der Waals surface area (Å²) in [4.78, 5) is 12.1. The van der Waals surface area contributed by atoms with Crippen molar-refractivity contribution in [2.45, 2.75) is 13.0 Å². The molecule has 100 valence electrons. The van der Waals surface area contributed by atoms with Crippen LogP contribution in [0.2, 0.25) is 0 Å². The van der Waals surface area contributed by atoms with Crippen molar-refractivity contribution in [3.63, 3.8) is 0 Å². The van der Waals surface area contributed by atoms with Crippen molar-refractivity contribution in [2.24, 2.45) is 0 Å². The number of ether oxygens (including phenoxy) is 1. The molecule has 0 bridgehead atoms. The summed E-state index contributed by atoms with van der Waals surface area (Å²) < 4.78 is 18.3. The number of hydrogen-bond donors (Lipinski definition) is 0. The van der Waals surface area contributed by atoms with E-state index in [2.05, 4.69) is 0 Å². The number of nitriles is 1. The Morgan fingerprint density at radius 2 is 1.95 bits per heavy atom. The minimum atomic E-state index is -0.714. The molecular formula is C16H12FNO2. The average Bonchev–Trinajstić information content (AvgIpc) is 2.47. The Kier molecular flexibility index (Phi) is 4.11. The first-order chi connectivity index (χ1) is 9.60. The van der Waals surface area contributed by atoms with E-state index in [1.54, 1.807) is 31.2 Å². The normalized spacial score (nSPS) is 11.4. The Hall–Kier alpha value is -2.67. The van der Waals surface area contributed by atoms with Crippen molar-refractivity contribution in [2.75, 3.05) is 0 Å². The Morgan fingerprint density at radius 1 is 1.25 bits per heavy atom. The molecule has 0 spiro atoms. The smallest absolute Gasteiger partial charge is 0.202 e. The van der Waals surface area contributed by atoms with Crippen molar-refractivity contribution < 1.29 is 13.9 Å². The Labute approximate surface area is 116 Å². The van der Waals surface area contributed by atoms with Crippen LogP contribution in [0.15, 0.2) is 48.5 Å². The first-order valence-corrected chi connectivity index (χ1v) is 6.07. The van der Waals surface area contributed by atoms with Crippen LogP contribution in [0.5, 0.6) is 5.75 Å². The van der Waals surface area contributed by atoms with Gasteiger partial charge >= 0.3 is 0 Å². The van der Waals surface area contributed by atoms with Crippen LogP contribution in [0.3, 0.4) is 0 Å². The second-order valence-corrected chi connectivity index (χ2v) is 4.27. The van der Waals surface area contributed by atoms with E-state index in [0.717, 1.165) is 0 Å². The zero-order valence-electron chi connectivity index (χ0n) is 10.8. The van der Waals surface area contributed by atoms with Gasteiger partial charge in [-0.2, -0.15) is 5.26 Å². The fourth-order valence-corrected chi connectivity index (χ4v) is 1.75. The van der Waals surface area contributed by atoms with Crippen LogP contribution < -0.4 is 4.74 Å². The fourth-order valence-electron chi connectivity index (χ4n) is 1.75. The lowest BCUT2D eigenvalue weighted by atomic mass is 10.1. The lowest BCUT2D eigenvalue weighted by Gasteiger charge is -2.13. The van der Waals surface area contributed by atoms with E-state index in [1.807, 2.05) is 6.07 Å². The van der Waals surface area contributed by atoms with Crippen molar-refractivity contribution in [1.82, 2.24) is 0 Å². The number of ketones is 1. The number of carbonyl (C=O) groups excluding carboxylic acids is 1. The molecule has 0 heterocycles. The molecule has 0 N–H and O–H groups in total. The maximum absolute atomic E-state index is 12.8. The van der Waals surface area contributed by atoms with E-state index < -0.39 is 11.9 Å². The largest absolute Gasteiger partial charge is 0.483 e. The number of rotatable bonds is 4. The predicted octanol–water partition coefficient (Wildman–Crippen LogP) is 3.35. The number of halogens is 1. The predicted molar refractivity (Wildman–Crippen MR) is 72.0 cm³/mol. The molecule has 0 saturated carbocycles. The molecule has 0 saturated heterocycles. The summed E-state index contributed by atoms with van der Waals surface area (Å²) in [6.07, 6.45) is -0.714. The molecule has 4 heteroatoms. The van der Waals surface area contributed by atoms with Crippen LogP contribution in [0, 0.1) is 17.1 Å². The van der Waals surface area contributed by atoms with Crippen LogP contribution in [-0.4, -0.2) is 11.9 Å². The van der Waals surface area contributed by atoms with E-state index in [4.69, 9.17) is 10.00 Å². The van der Waals surface area contributed by atoms with Crippen LogP contribution >= 0.6 is 0 Å². The van der Waals surface area contributed by atoms with Gasteiger partial charge < -0.3 is 4.74 Å². The van der Waals surface area contributed by atoms with Crippen molar-refractivity contribution in [3.8, 4) is 11.8 Å². The number of nitrogens with zero attached hydrogens (tertiary/aromatic N) is 1. The van der Waals surface area contributed by atoms with Gasteiger partial charge in [0.2, 0.25) is 5.78 Å². The highest BCUT2D eigenvalue weighted by atomic mass is 19.1. The molecule has 2 aromatic rings. The highest BCUT2D eigenvalue weighted by Gasteiger charge is 2.17. The second kappa shape index (κ2) is 5.98. The fraction of sp³-hybridized carbons (Fsp3) is 0.125. The molecule has 0 radical (unpaired) electrons. The Bertz CT molecular complexity index is 659. The maximum Gasteiger partial charge on any atom is 0.202 e. The van der Waals surface area contributed by atoms with Crippen LogP contribution in [0.25, 0.3) is 0 Å². The van der Waals surface area contributed by atoms with Gasteiger partial charge in [-0.1, -0.05) is 6.07 Å². The number of benzene rings is 2. The van der Waals surface area contributed by atoms with E-state index in [1.165, 1.54) is 24.3 Å². The zero-order valence-corrected chi connectivity index (χ0v) is 10.8. The highest BCUT2D eigenvalue weighted by Crippen LogP contribution is 2.16. The maximum atomic E-state index is 12.8. The molecular weight excluding hydrogens is 257 g/mol. The van der Waals surface area contributed by atoms with Gasteiger partial charge in [-0.25, -0.2) is 4.39 Å². The number of carbonyl (C=O) groups is 1. The Morgan fingerprint density at radius 3 is 2.60 bits per heavy atom. The molecule has 2 rings (SSSR count). The van der Waals surface area contributed by atoms with Crippen molar-refractivity contribution in [1.29, 1.82) is 5.26 Å². The molecule has 0 aliphatic rings. The van der Waals surface area contributed by atoms with Crippen LogP contribution in [0.1, 0.15) is 22.8 Å². The molecule has 3 nitrogen and oxygen atoms in total. The average molecular weight is 269 g/mol. The third-order valence-corrected chi connectivity index (χ3v) is 2.77. The monoisotopic (exact) mass is 269 g/mol.